The third-order valence-corrected chi connectivity index (χ3v) is 2.53. The third-order valence-electron chi connectivity index (χ3n) is 1.38. The van der Waals surface area contributed by atoms with Crippen molar-refractivity contribution in [1.29, 1.82) is 0 Å². The molecule has 1 aromatic heterocycles. The first-order chi connectivity index (χ1) is 6.23. The predicted molar refractivity (Wildman–Crippen MR) is 62.7 cm³/mol. The van der Waals surface area contributed by atoms with E-state index >= 15 is 0 Å². The van der Waals surface area contributed by atoms with Crippen molar-refractivity contribution in [2.24, 2.45) is 0 Å². The van der Waals surface area contributed by atoms with E-state index in [1.165, 1.54) is 12.3 Å². The van der Waals surface area contributed by atoms with Crippen LogP contribution in [0.4, 0.5) is 0 Å². The molecule has 1 heterocycles. The van der Waals surface area contributed by atoms with Crippen molar-refractivity contribution >= 4 is 69.6 Å². The first-order valence-corrected chi connectivity index (χ1v) is 5.59. The maximum atomic E-state index is 5.68. The highest BCUT2D eigenvalue weighted by Crippen LogP contribution is 2.46. The van der Waals surface area contributed by atoms with Crippen LogP contribution in [0.2, 0.25) is 0 Å². The van der Waals surface area contributed by atoms with Gasteiger partial charge in [0.25, 0.3) is 0 Å². The fourth-order valence-electron chi connectivity index (χ4n) is 0.860. The van der Waals surface area contributed by atoms with Crippen molar-refractivity contribution in [3.05, 3.63) is 29.6 Å². The Hall–Kier alpha value is 0.890. The summed E-state index contributed by atoms with van der Waals surface area (Å²) >= 11 is 34.0. The quantitative estimate of drug-likeness (QED) is 0.631. The second-order valence-corrected chi connectivity index (χ2v) is 6.96. The maximum absolute atomic E-state index is 5.68. The van der Waals surface area contributed by atoms with Crippen LogP contribution in [0.3, 0.4) is 0 Å². The maximum Gasteiger partial charge on any atom is 0.232 e. The van der Waals surface area contributed by atoms with Crippen LogP contribution < -0.4 is 0 Å². The third kappa shape index (κ3) is 3.19. The number of pyridine rings is 1. The van der Waals surface area contributed by atoms with Gasteiger partial charge < -0.3 is 0 Å². The van der Waals surface area contributed by atoms with Gasteiger partial charge in [-0.05, 0) is 6.07 Å². The number of hydrogen-bond donors (Lipinski definition) is 0. The van der Waals surface area contributed by atoms with Crippen LogP contribution in [0.15, 0.2) is 18.3 Å². The lowest BCUT2D eigenvalue weighted by atomic mass is 10.2. The lowest BCUT2D eigenvalue weighted by molar-refractivity contribution is 1.01. The molecule has 0 saturated carbocycles. The second-order valence-electron chi connectivity index (χ2n) is 2.40. The summed E-state index contributed by atoms with van der Waals surface area (Å²) in [7, 11) is 0. The first kappa shape index (κ1) is 13.0. The van der Waals surface area contributed by atoms with Crippen LogP contribution >= 0.6 is 69.6 Å². The van der Waals surface area contributed by atoms with E-state index in [0.717, 1.165) is 0 Å². The van der Waals surface area contributed by atoms with E-state index < -0.39 is 7.59 Å². The van der Waals surface area contributed by atoms with Gasteiger partial charge in [-0.15, -0.1) is 0 Å². The van der Waals surface area contributed by atoms with Gasteiger partial charge in [0.2, 0.25) is 7.59 Å². The summed E-state index contributed by atoms with van der Waals surface area (Å²) in [5.74, 6) is 0. The number of rotatable bonds is 0. The minimum Gasteiger partial charge on any atom is -0.256 e. The van der Waals surface area contributed by atoms with E-state index in [-0.39, 0.29) is 11.3 Å². The zero-order valence-electron chi connectivity index (χ0n) is 6.45. The Labute approximate surface area is 111 Å². The van der Waals surface area contributed by atoms with Crippen LogP contribution in [-0.2, 0) is 7.59 Å². The smallest absolute Gasteiger partial charge is 0.232 e. The fourth-order valence-corrected chi connectivity index (χ4v) is 1.77. The molecule has 0 atom stereocenters. The van der Waals surface area contributed by atoms with Crippen LogP contribution in [0.1, 0.15) is 11.3 Å². The largest absolute Gasteiger partial charge is 0.256 e. The van der Waals surface area contributed by atoms with E-state index in [0.29, 0.717) is 0 Å². The van der Waals surface area contributed by atoms with Gasteiger partial charge in [-0.1, -0.05) is 75.7 Å². The summed E-state index contributed by atoms with van der Waals surface area (Å²) in [5.41, 5.74) is 0.370. The standard InChI is InChI=1S/C7H3Cl6N/c8-6(9,10)4-2-1-3-14-5(4)7(11,12)13/h1-3H. The van der Waals surface area contributed by atoms with Gasteiger partial charge in [0.15, 0.2) is 0 Å². The Morgan fingerprint density at radius 1 is 0.929 bits per heavy atom. The highest BCUT2D eigenvalue weighted by molar-refractivity contribution is 6.68. The molecule has 1 nitrogen and oxygen atoms in total. The average molecular weight is 314 g/mol. The van der Waals surface area contributed by atoms with E-state index in [1.807, 2.05) is 0 Å². The molecule has 0 aliphatic carbocycles. The lowest BCUT2D eigenvalue weighted by Gasteiger charge is -2.19. The van der Waals surface area contributed by atoms with Crippen molar-refractivity contribution in [3.8, 4) is 0 Å². The van der Waals surface area contributed by atoms with Crippen LogP contribution in [-0.4, -0.2) is 4.98 Å². The molecular formula is C7H3Cl6N. The summed E-state index contributed by atoms with van der Waals surface area (Å²) in [6.45, 7) is 0. The van der Waals surface area contributed by atoms with Gasteiger partial charge in [0.05, 0.1) is 5.69 Å². The summed E-state index contributed by atoms with van der Waals surface area (Å²) in [6, 6.07) is 3.13. The Balaban J connectivity index is 3.31. The number of hydrogen-bond acceptors (Lipinski definition) is 1. The molecule has 0 N–H and O–H groups in total. The van der Waals surface area contributed by atoms with Gasteiger partial charge >= 0.3 is 0 Å². The van der Waals surface area contributed by atoms with E-state index in [1.54, 1.807) is 6.07 Å². The van der Waals surface area contributed by atoms with Gasteiger partial charge in [-0.25, -0.2) is 0 Å². The molecule has 0 aromatic carbocycles. The fraction of sp³-hybridized carbons (Fsp3) is 0.286. The summed E-state index contributed by atoms with van der Waals surface area (Å²) in [5, 5.41) is 0. The van der Waals surface area contributed by atoms with E-state index in [4.69, 9.17) is 69.6 Å². The minimum atomic E-state index is -1.71. The molecule has 0 fully saturated rings. The lowest BCUT2D eigenvalue weighted by Crippen LogP contribution is -2.13. The van der Waals surface area contributed by atoms with Crippen molar-refractivity contribution in [2.75, 3.05) is 0 Å². The predicted octanol–water partition coefficient (Wildman–Crippen LogP) is 4.74. The molecule has 0 spiro atoms. The Kier molecular flexibility index (Phi) is 4.08. The minimum absolute atomic E-state index is 0.116. The van der Waals surface area contributed by atoms with E-state index in [2.05, 4.69) is 4.98 Å². The summed E-state index contributed by atoms with van der Waals surface area (Å²) in [6.07, 6.45) is 1.46. The van der Waals surface area contributed by atoms with Gasteiger partial charge in [-0.3, -0.25) is 4.98 Å². The number of nitrogens with zero attached hydrogens (tertiary/aromatic N) is 1. The van der Waals surface area contributed by atoms with Crippen molar-refractivity contribution in [1.82, 2.24) is 4.98 Å². The molecule has 1 aromatic rings. The highest BCUT2D eigenvalue weighted by atomic mass is 35.6. The zero-order valence-corrected chi connectivity index (χ0v) is 11.0. The Bertz CT molecular complexity index is 293. The molecule has 0 radical (unpaired) electrons. The molecule has 0 amide bonds. The molecule has 14 heavy (non-hydrogen) atoms. The van der Waals surface area contributed by atoms with Crippen molar-refractivity contribution < 1.29 is 0 Å². The summed E-state index contributed by atoms with van der Waals surface area (Å²) in [4.78, 5) is 3.87. The number of alkyl halides is 6. The highest BCUT2D eigenvalue weighted by Gasteiger charge is 2.35. The monoisotopic (exact) mass is 311 g/mol. The molecule has 7 heteroatoms. The molecule has 0 aliphatic heterocycles. The topological polar surface area (TPSA) is 12.9 Å². The normalized spacial score (nSPS) is 13.0. The molecule has 0 saturated heterocycles. The number of halogens is 6. The first-order valence-electron chi connectivity index (χ1n) is 3.32. The molecule has 0 aliphatic rings. The molecular weight excluding hydrogens is 311 g/mol. The SMILES string of the molecule is ClC(Cl)(Cl)c1cccnc1C(Cl)(Cl)Cl. The Morgan fingerprint density at radius 2 is 1.50 bits per heavy atom. The average Bonchev–Trinajstić information content (AvgIpc) is 2.01. The van der Waals surface area contributed by atoms with Crippen LogP contribution in [0.25, 0.3) is 0 Å². The van der Waals surface area contributed by atoms with Crippen LogP contribution in [0.5, 0.6) is 0 Å². The van der Waals surface area contributed by atoms with Crippen molar-refractivity contribution in [3.63, 3.8) is 0 Å². The molecule has 0 unspecified atom stereocenters. The van der Waals surface area contributed by atoms with Gasteiger partial charge in [-0.2, -0.15) is 0 Å². The van der Waals surface area contributed by atoms with Gasteiger partial charge in [0, 0.05) is 11.8 Å². The van der Waals surface area contributed by atoms with E-state index in [9.17, 15) is 0 Å². The summed E-state index contributed by atoms with van der Waals surface area (Å²) < 4.78 is -3.37. The van der Waals surface area contributed by atoms with Crippen molar-refractivity contribution in [2.45, 2.75) is 7.59 Å². The molecule has 78 valence electrons. The van der Waals surface area contributed by atoms with Gasteiger partial charge in [0.1, 0.15) is 0 Å². The molecule has 0 bridgehead atoms. The zero-order chi connectivity index (χ0) is 11.0. The number of aromatic nitrogens is 1. The second kappa shape index (κ2) is 4.40. The Morgan fingerprint density at radius 3 is 1.86 bits per heavy atom. The molecule has 1 rings (SSSR count). The van der Waals surface area contributed by atoms with Crippen LogP contribution in [0, 0.1) is 0 Å².